The molecule has 0 atom stereocenters. The van der Waals surface area contributed by atoms with E-state index in [0.717, 1.165) is 0 Å². The van der Waals surface area contributed by atoms with Gasteiger partial charge in [0.15, 0.2) is 0 Å². The zero-order valence-electron chi connectivity index (χ0n) is 13.2. The first kappa shape index (κ1) is 16.5. The number of nitrogens with one attached hydrogen (secondary N) is 1. The number of carbonyl (C=O) groups excluding carboxylic acids is 1. The predicted molar refractivity (Wildman–Crippen MR) is 82.7 cm³/mol. The maximum atomic E-state index is 12.3. The van der Waals surface area contributed by atoms with Gasteiger partial charge >= 0.3 is 5.97 Å². The number of carboxylic acid groups (broad SMARTS) is 1. The van der Waals surface area contributed by atoms with E-state index in [9.17, 15) is 9.59 Å². The number of amides is 1. The minimum Gasteiger partial charge on any atom is -0.497 e. The van der Waals surface area contributed by atoms with Crippen LogP contribution >= 0.6 is 0 Å². The van der Waals surface area contributed by atoms with Crippen molar-refractivity contribution in [2.24, 2.45) is 0 Å². The van der Waals surface area contributed by atoms with Gasteiger partial charge in [0, 0.05) is 12.3 Å². The number of ether oxygens (including phenoxy) is 1. The number of nitrogens with zero attached hydrogens (tertiary/aromatic N) is 3. The van der Waals surface area contributed by atoms with Gasteiger partial charge in [0.05, 0.1) is 37.2 Å². The summed E-state index contributed by atoms with van der Waals surface area (Å²) >= 11 is 0. The van der Waals surface area contributed by atoms with Gasteiger partial charge in [-0.3, -0.25) is 19.3 Å². The van der Waals surface area contributed by atoms with E-state index in [0.29, 0.717) is 22.8 Å². The minimum absolute atomic E-state index is 0.0349. The van der Waals surface area contributed by atoms with E-state index in [4.69, 9.17) is 9.84 Å². The molecule has 0 aliphatic carbocycles. The molecule has 0 bridgehead atoms. The number of carboxylic acids is 1. The average Bonchev–Trinajstić information content (AvgIpc) is 2.80. The number of hydrogen-bond acceptors (Lipinski definition) is 5. The minimum atomic E-state index is -0.899. The first-order chi connectivity index (χ1) is 10.9. The molecule has 0 saturated heterocycles. The fourth-order valence-corrected chi connectivity index (χ4v) is 2.14. The summed E-state index contributed by atoms with van der Waals surface area (Å²) < 4.78 is 6.64. The van der Waals surface area contributed by atoms with Crippen LogP contribution in [0.25, 0.3) is 0 Å². The highest BCUT2D eigenvalue weighted by Gasteiger charge is 2.16. The summed E-state index contributed by atoms with van der Waals surface area (Å²) in [7, 11) is 1.51. The average molecular weight is 318 g/mol. The fraction of sp³-hybridized carbons (Fsp3) is 0.333. The lowest BCUT2D eigenvalue weighted by Gasteiger charge is -2.07. The van der Waals surface area contributed by atoms with Crippen LogP contribution in [0.5, 0.6) is 5.75 Å². The van der Waals surface area contributed by atoms with Gasteiger partial charge < -0.3 is 15.2 Å². The number of aromatic nitrogens is 3. The monoisotopic (exact) mass is 318 g/mol. The molecule has 8 heteroatoms. The van der Waals surface area contributed by atoms with E-state index in [1.807, 2.05) is 0 Å². The zero-order chi connectivity index (χ0) is 17.0. The van der Waals surface area contributed by atoms with Gasteiger partial charge in [-0.25, -0.2) is 0 Å². The SMILES string of the molecule is COc1ccnc(C(=O)Nc2c(C)nn(CCC(=O)O)c2C)c1. The molecule has 0 unspecified atom stereocenters. The Balaban J connectivity index is 2.19. The Bertz CT molecular complexity index is 739. The molecule has 0 spiro atoms. The highest BCUT2D eigenvalue weighted by atomic mass is 16.5. The predicted octanol–water partition coefficient (Wildman–Crippen LogP) is 1.63. The third-order valence-electron chi connectivity index (χ3n) is 3.36. The number of aryl methyl sites for hydroxylation is 2. The fourth-order valence-electron chi connectivity index (χ4n) is 2.14. The summed E-state index contributed by atoms with van der Waals surface area (Å²) in [6, 6.07) is 3.19. The van der Waals surface area contributed by atoms with Crippen molar-refractivity contribution in [1.29, 1.82) is 0 Å². The van der Waals surface area contributed by atoms with Crippen molar-refractivity contribution >= 4 is 17.6 Å². The Kier molecular flexibility index (Phi) is 4.95. The molecular formula is C15H18N4O4. The summed E-state index contributed by atoms with van der Waals surface area (Å²) in [5, 5.41) is 15.8. The van der Waals surface area contributed by atoms with Crippen molar-refractivity contribution in [2.45, 2.75) is 26.8 Å². The standard InChI is InChI=1S/C15H18N4O4/c1-9-14(10(2)19(18-9)7-5-13(20)21)17-15(22)12-8-11(23-3)4-6-16-12/h4,6,8H,5,7H2,1-3H3,(H,17,22)(H,20,21). The number of aliphatic carboxylic acids is 1. The number of carbonyl (C=O) groups is 2. The van der Waals surface area contributed by atoms with Crippen molar-refractivity contribution < 1.29 is 19.4 Å². The molecule has 0 aliphatic rings. The Labute approximate surface area is 133 Å². The molecule has 8 nitrogen and oxygen atoms in total. The van der Waals surface area contributed by atoms with Crippen LogP contribution in [0.3, 0.4) is 0 Å². The van der Waals surface area contributed by atoms with E-state index in [-0.39, 0.29) is 24.6 Å². The van der Waals surface area contributed by atoms with Crippen LogP contribution in [0.15, 0.2) is 18.3 Å². The molecule has 0 saturated carbocycles. The van der Waals surface area contributed by atoms with Crippen LogP contribution in [0.1, 0.15) is 28.3 Å². The van der Waals surface area contributed by atoms with E-state index in [1.54, 1.807) is 24.6 Å². The molecule has 2 rings (SSSR count). The Morgan fingerprint density at radius 1 is 1.39 bits per heavy atom. The molecule has 122 valence electrons. The molecule has 1 amide bonds. The highest BCUT2D eigenvalue weighted by molar-refractivity contribution is 6.03. The number of hydrogen-bond donors (Lipinski definition) is 2. The normalized spacial score (nSPS) is 10.4. The second kappa shape index (κ2) is 6.91. The first-order valence-electron chi connectivity index (χ1n) is 6.99. The third kappa shape index (κ3) is 3.85. The van der Waals surface area contributed by atoms with Crippen LogP contribution in [0.2, 0.25) is 0 Å². The molecule has 23 heavy (non-hydrogen) atoms. The van der Waals surface area contributed by atoms with Gasteiger partial charge in [-0.05, 0) is 19.9 Å². The van der Waals surface area contributed by atoms with Crippen LogP contribution in [-0.2, 0) is 11.3 Å². The smallest absolute Gasteiger partial charge is 0.305 e. The largest absolute Gasteiger partial charge is 0.497 e. The Morgan fingerprint density at radius 3 is 2.78 bits per heavy atom. The van der Waals surface area contributed by atoms with Crippen molar-refractivity contribution in [2.75, 3.05) is 12.4 Å². The lowest BCUT2D eigenvalue weighted by molar-refractivity contribution is -0.137. The number of pyridine rings is 1. The lowest BCUT2D eigenvalue weighted by Crippen LogP contribution is -2.15. The molecule has 0 fully saturated rings. The summed E-state index contributed by atoms with van der Waals surface area (Å²) in [6.07, 6.45) is 1.45. The molecule has 0 radical (unpaired) electrons. The zero-order valence-corrected chi connectivity index (χ0v) is 13.2. The summed E-state index contributed by atoms with van der Waals surface area (Å²) in [5.41, 5.74) is 2.09. The number of rotatable bonds is 6. The third-order valence-corrected chi connectivity index (χ3v) is 3.36. The van der Waals surface area contributed by atoms with Crippen molar-refractivity contribution in [3.8, 4) is 5.75 Å². The molecule has 2 heterocycles. The van der Waals surface area contributed by atoms with E-state index < -0.39 is 5.97 Å². The topological polar surface area (TPSA) is 106 Å². The second-order valence-electron chi connectivity index (χ2n) is 4.95. The Morgan fingerprint density at radius 2 is 2.13 bits per heavy atom. The number of anilines is 1. The van der Waals surface area contributed by atoms with E-state index >= 15 is 0 Å². The van der Waals surface area contributed by atoms with E-state index in [1.165, 1.54) is 19.4 Å². The lowest BCUT2D eigenvalue weighted by atomic mass is 10.2. The molecular weight excluding hydrogens is 300 g/mol. The molecule has 2 N–H and O–H groups in total. The maximum Gasteiger partial charge on any atom is 0.305 e. The van der Waals surface area contributed by atoms with Gasteiger partial charge in [-0.1, -0.05) is 0 Å². The van der Waals surface area contributed by atoms with Crippen LogP contribution < -0.4 is 10.1 Å². The quantitative estimate of drug-likeness (QED) is 0.838. The second-order valence-corrected chi connectivity index (χ2v) is 4.95. The van der Waals surface area contributed by atoms with E-state index in [2.05, 4.69) is 15.4 Å². The summed E-state index contributed by atoms with van der Waals surface area (Å²) in [5.74, 6) is -0.743. The van der Waals surface area contributed by atoms with Crippen molar-refractivity contribution in [3.63, 3.8) is 0 Å². The van der Waals surface area contributed by atoms with Crippen LogP contribution in [0.4, 0.5) is 5.69 Å². The summed E-state index contributed by atoms with van der Waals surface area (Å²) in [6.45, 7) is 3.77. The molecule has 0 aliphatic heterocycles. The van der Waals surface area contributed by atoms with Gasteiger partial charge in [-0.2, -0.15) is 5.10 Å². The number of methoxy groups -OCH3 is 1. The van der Waals surface area contributed by atoms with Gasteiger partial charge in [-0.15, -0.1) is 0 Å². The van der Waals surface area contributed by atoms with Crippen LogP contribution in [-0.4, -0.2) is 38.9 Å². The van der Waals surface area contributed by atoms with Gasteiger partial charge in [0.1, 0.15) is 11.4 Å². The highest BCUT2D eigenvalue weighted by Crippen LogP contribution is 2.21. The maximum absolute atomic E-state index is 12.3. The Hall–Kier alpha value is -2.90. The van der Waals surface area contributed by atoms with Crippen LogP contribution in [0, 0.1) is 13.8 Å². The summed E-state index contributed by atoms with van der Waals surface area (Å²) in [4.78, 5) is 27.0. The first-order valence-corrected chi connectivity index (χ1v) is 6.99. The molecule has 2 aromatic rings. The van der Waals surface area contributed by atoms with Gasteiger partial charge in [0.25, 0.3) is 5.91 Å². The van der Waals surface area contributed by atoms with Crippen molar-refractivity contribution in [3.05, 3.63) is 35.4 Å². The van der Waals surface area contributed by atoms with Crippen molar-refractivity contribution in [1.82, 2.24) is 14.8 Å². The van der Waals surface area contributed by atoms with Gasteiger partial charge in [0.2, 0.25) is 0 Å². The molecule has 0 aromatic carbocycles. The molecule has 2 aromatic heterocycles.